The Morgan fingerprint density at radius 1 is 1.13 bits per heavy atom. The minimum absolute atomic E-state index is 0.0772. The molecule has 1 aliphatic heterocycles. The number of carbonyl (C=O) groups excluding carboxylic acids is 1. The molecule has 2 N–H and O–H groups in total. The van der Waals surface area contributed by atoms with Crippen LogP contribution in [0.15, 0.2) is 41.4 Å². The largest absolute Gasteiger partial charge is 0.357 e. The smallest absolute Gasteiger partial charge is 0.251 e. The van der Waals surface area contributed by atoms with Crippen LogP contribution in [0.2, 0.25) is 0 Å². The van der Waals surface area contributed by atoms with Gasteiger partial charge >= 0.3 is 0 Å². The lowest BCUT2D eigenvalue weighted by atomic mass is 10.1. The fourth-order valence-electron chi connectivity index (χ4n) is 3.44. The lowest BCUT2D eigenvalue weighted by molar-refractivity contribution is 0.0950. The van der Waals surface area contributed by atoms with E-state index in [0.717, 1.165) is 30.0 Å². The van der Waals surface area contributed by atoms with Crippen LogP contribution in [0.3, 0.4) is 0 Å². The van der Waals surface area contributed by atoms with Gasteiger partial charge in [-0.05, 0) is 75.9 Å². The molecule has 8 heteroatoms. The third-order valence-corrected chi connectivity index (χ3v) is 6.65. The summed E-state index contributed by atoms with van der Waals surface area (Å²) in [7, 11) is -3.72. The van der Waals surface area contributed by atoms with Crippen LogP contribution in [-0.2, 0) is 16.6 Å². The van der Waals surface area contributed by atoms with Gasteiger partial charge in [0, 0.05) is 36.9 Å². The summed E-state index contributed by atoms with van der Waals surface area (Å²) >= 11 is 0. The molecule has 2 heterocycles. The Morgan fingerprint density at radius 2 is 1.83 bits per heavy atom. The SMILES string of the molecule is Cc1ccc(S(=O)(=O)NC(C)(C)C)cc1C(=O)NCc1ccnc(N2CCCC2)c1. The molecule has 162 valence electrons. The van der Waals surface area contributed by atoms with Crippen LogP contribution in [0.4, 0.5) is 5.82 Å². The van der Waals surface area contributed by atoms with Crippen molar-refractivity contribution in [3.05, 3.63) is 53.2 Å². The summed E-state index contributed by atoms with van der Waals surface area (Å²) in [4.78, 5) is 19.5. The summed E-state index contributed by atoms with van der Waals surface area (Å²) < 4.78 is 27.9. The third kappa shape index (κ3) is 5.58. The van der Waals surface area contributed by atoms with Gasteiger partial charge < -0.3 is 10.2 Å². The van der Waals surface area contributed by atoms with Crippen LogP contribution in [0.25, 0.3) is 0 Å². The Hall–Kier alpha value is -2.45. The summed E-state index contributed by atoms with van der Waals surface area (Å²) in [5.41, 5.74) is 1.41. The first-order valence-electron chi connectivity index (χ1n) is 10.2. The van der Waals surface area contributed by atoms with E-state index >= 15 is 0 Å². The van der Waals surface area contributed by atoms with Gasteiger partial charge in [-0.15, -0.1) is 0 Å². The van der Waals surface area contributed by atoms with Gasteiger partial charge in [-0.3, -0.25) is 4.79 Å². The normalized spacial score (nSPS) is 14.7. The second kappa shape index (κ2) is 8.73. The van der Waals surface area contributed by atoms with Crippen molar-refractivity contribution in [3.8, 4) is 0 Å². The van der Waals surface area contributed by atoms with Gasteiger partial charge in [0.15, 0.2) is 0 Å². The molecular formula is C22H30N4O3S. The van der Waals surface area contributed by atoms with Crippen molar-refractivity contribution >= 4 is 21.7 Å². The molecule has 1 aliphatic rings. The molecule has 0 atom stereocenters. The molecular weight excluding hydrogens is 400 g/mol. The second-order valence-electron chi connectivity index (χ2n) is 8.73. The maximum Gasteiger partial charge on any atom is 0.251 e. The number of anilines is 1. The van der Waals surface area contributed by atoms with Gasteiger partial charge in [0.2, 0.25) is 10.0 Å². The van der Waals surface area contributed by atoms with Crippen LogP contribution in [0.5, 0.6) is 0 Å². The number of sulfonamides is 1. The first kappa shape index (κ1) is 22.2. The summed E-state index contributed by atoms with van der Waals surface area (Å²) in [6.07, 6.45) is 4.10. The molecule has 3 rings (SSSR count). The van der Waals surface area contributed by atoms with Crippen molar-refractivity contribution in [3.63, 3.8) is 0 Å². The predicted octanol–water partition coefficient (Wildman–Crippen LogP) is 3.00. The van der Waals surface area contributed by atoms with Crippen molar-refractivity contribution in [2.45, 2.75) is 57.5 Å². The molecule has 30 heavy (non-hydrogen) atoms. The van der Waals surface area contributed by atoms with E-state index in [4.69, 9.17) is 0 Å². The number of hydrogen-bond acceptors (Lipinski definition) is 5. The summed E-state index contributed by atoms with van der Waals surface area (Å²) in [5.74, 6) is 0.622. The molecule has 0 unspecified atom stereocenters. The van der Waals surface area contributed by atoms with Crippen molar-refractivity contribution < 1.29 is 13.2 Å². The first-order valence-corrected chi connectivity index (χ1v) is 11.7. The van der Waals surface area contributed by atoms with Gasteiger partial charge in [0.1, 0.15) is 5.82 Å². The van der Waals surface area contributed by atoms with E-state index in [9.17, 15) is 13.2 Å². The maximum atomic E-state index is 12.8. The molecule has 0 radical (unpaired) electrons. The molecule has 0 bridgehead atoms. The molecule has 1 fully saturated rings. The standard InChI is InChI=1S/C22H30N4O3S/c1-16-7-8-18(30(28,29)25-22(2,3)4)14-19(16)21(27)24-15-17-9-10-23-20(13-17)26-11-5-6-12-26/h7-10,13-14,25H,5-6,11-12,15H2,1-4H3,(H,24,27). The third-order valence-electron chi connectivity index (χ3n) is 4.90. The van der Waals surface area contributed by atoms with Crippen molar-refractivity contribution in [2.75, 3.05) is 18.0 Å². The van der Waals surface area contributed by atoms with Crippen LogP contribution >= 0.6 is 0 Å². The monoisotopic (exact) mass is 430 g/mol. The number of pyridine rings is 1. The highest BCUT2D eigenvalue weighted by Gasteiger charge is 2.23. The number of benzene rings is 1. The zero-order valence-electron chi connectivity index (χ0n) is 18.0. The first-order chi connectivity index (χ1) is 14.0. The van der Waals surface area contributed by atoms with Crippen molar-refractivity contribution in [1.82, 2.24) is 15.0 Å². The Labute approximate surface area is 178 Å². The molecule has 0 spiro atoms. The fraction of sp³-hybridized carbons (Fsp3) is 0.455. The molecule has 1 amide bonds. The van der Waals surface area contributed by atoms with E-state index < -0.39 is 15.6 Å². The Balaban J connectivity index is 1.73. The van der Waals surface area contributed by atoms with Gasteiger partial charge in [-0.25, -0.2) is 18.1 Å². The minimum atomic E-state index is -3.72. The van der Waals surface area contributed by atoms with Crippen LogP contribution in [-0.4, -0.2) is 37.9 Å². The Morgan fingerprint density at radius 3 is 2.50 bits per heavy atom. The van der Waals surface area contributed by atoms with Crippen molar-refractivity contribution in [1.29, 1.82) is 0 Å². The number of rotatable bonds is 6. The van der Waals surface area contributed by atoms with Crippen LogP contribution in [0, 0.1) is 6.92 Å². The average molecular weight is 431 g/mol. The zero-order chi connectivity index (χ0) is 21.9. The summed E-state index contributed by atoms with van der Waals surface area (Å²) in [6, 6.07) is 8.48. The maximum absolute atomic E-state index is 12.8. The van der Waals surface area contributed by atoms with E-state index in [1.54, 1.807) is 40.0 Å². The van der Waals surface area contributed by atoms with E-state index in [0.29, 0.717) is 12.1 Å². The van der Waals surface area contributed by atoms with E-state index in [2.05, 4.69) is 19.9 Å². The number of hydrogen-bond donors (Lipinski definition) is 2. The number of aromatic nitrogens is 1. The van der Waals surface area contributed by atoms with Crippen molar-refractivity contribution in [2.24, 2.45) is 0 Å². The summed E-state index contributed by atoms with van der Waals surface area (Å²) in [5, 5.41) is 2.90. The van der Waals surface area contributed by atoms with Gasteiger partial charge in [-0.2, -0.15) is 0 Å². The molecule has 0 saturated carbocycles. The average Bonchev–Trinajstić information content (AvgIpc) is 3.19. The van der Waals surface area contributed by atoms with Gasteiger partial charge in [0.25, 0.3) is 5.91 Å². The molecule has 7 nitrogen and oxygen atoms in total. The quantitative estimate of drug-likeness (QED) is 0.735. The lowest BCUT2D eigenvalue weighted by Crippen LogP contribution is -2.40. The molecule has 1 saturated heterocycles. The van der Waals surface area contributed by atoms with E-state index in [-0.39, 0.29) is 10.8 Å². The fourth-order valence-corrected chi connectivity index (χ4v) is 4.89. The van der Waals surface area contributed by atoms with Gasteiger partial charge in [-0.1, -0.05) is 6.07 Å². The lowest BCUT2D eigenvalue weighted by Gasteiger charge is -2.20. The topological polar surface area (TPSA) is 91.4 Å². The van der Waals surface area contributed by atoms with Crippen LogP contribution < -0.4 is 14.9 Å². The number of aryl methyl sites for hydroxylation is 1. The second-order valence-corrected chi connectivity index (χ2v) is 10.4. The highest BCUT2D eigenvalue weighted by atomic mass is 32.2. The Kier molecular flexibility index (Phi) is 6.47. The highest BCUT2D eigenvalue weighted by Crippen LogP contribution is 2.20. The van der Waals surface area contributed by atoms with Crippen LogP contribution in [0.1, 0.15) is 55.1 Å². The molecule has 0 aliphatic carbocycles. The predicted molar refractivity (Wildman–Crippen MR) is 118 cm³/mol. The minimum Gasteiger partial charge on any atom is -0.357 e. The molecule has 1 aromatic carbocycles. The summed E-state index contributed by atoms with van der Waals surface area (Å²) in [6.45, 7) is 9.48. The number of nitrogens with one attached hydrogen (secondary N) is 2. The number of nitrogens with zero attached hydrogens (tertiary/aromatic N) is 2. The zero-order valence-corrected chi connectivity index (χ0v) is 18.8. The van der Waals surface area contributed by atoms with E-state index in [1.807, 2.05) is 12.1 Å². The van der Waals surface area contributed by atoms with E-state index in [1.165, 1.54) is 25.0 Å². The highest BCUT2D eigenvalue weighted by molar-refractivity contribution is 7.89. The molecule has 2 aromatic rings. The number of amides is 1. The van der Waals surface area contributed by atoms with Gasteiger partial charge in [0.05, 0.1) is 4.90 Å². The Bertz CT molecular complexity index is 1020. The molecule has 1 aromatic heterocycles. The number of carbonyl (C=O) groups is 1.